The Bertz CT molecular complexity index is 372. The molecule has 0 atom stereocenters. The minimum atomic E-state index is 0.174. The van der Waals surface area contributed by atoms with Gasteiger partial charge < -0.3 is 15.1 Å². The van der Waals surface area contributed by atoms with E-state index >= 15 is 0 Å². The molecule has 0 unspecified atom stereocenters. The molecule has 102 valence electrons. The summed E-state index contributed by atoms with van der Waals surface area (Å²) in [6.07, 6.45) is 2.32. The van der Waals surface area contributed by atoms with Crippen molar-refractivity contribution in [2.45, 2.75) is 52.6 Å². The molecule has 0 radical (unpaired) electrons. The molecule has 0 saturated heterocycles. The molecule has 1 aromatic rings. The number of carbonyl (C=O) groups is 1. The molecule has 18 heavy (non-hydrogen) atoms. The first-order chi connectivity index (χ1) is 8.54. The van der Waals surface area contributed by atoms with E-state index in [0.29, 0.717) is 19.5 Å². The number of rotatable bonds is 7. The van der Waals surface area contributed by atoms with E-state index in [1.165, 1.54) is 0 Å². The van der Waals surface area contributed by atoms with Crippen molar-refractivity contribution in [2.75, 3.05) is 6.54 Å². The Hall–Kier alpha value is -1.29. The molecule has 4 nitrogen and oxygen atoms in total. The van der Waals surface area contributed by atoms with Crippen molar-refractivity contribution in [3.8, 4) is 0 Å². The van der Waals surface area contributed by atoms with Crippen LogP contribution in [0.5, 0.6) is 0 Å². The van der Waals surface area contributed by atoms with Crippen molar-refractivity contribution in [3.05, 3.63) is 23.7 Å². The fourth-order valence-corrected chi connectivity index (χ4v) is 1.86. The monoisotopic (exact) mass is 252 g/mol. The lowest BCUT2D eigenvalue weighted by Gasteiger charge is -2.26. The third-order valence-corrected chi connectivity index (χ3v) is 2.91. The van der Waals surface area contributed by atoms with Gasteiger partial charge in [0, 0.05) is 12.5 Å². The lowest BCUT2D eigenvalue weighted by Crippen LogP contribution is -2.36. The van der Waals surface area contributed by atoms with Gasteiger partial charge in [0.25, 0.3) is 0 Å². The predicted octanol–water partition coefficient (Wildman–Crippen LogP) is 2.45. The van der Waals surface area contributed by atoms with E-state index in [1.54, 1.807) is 0 Å². The molecule has 4 heteroatoms. The van der Waals surface area contributed by atoms with Gasteiger partial charge in [-0.2, -0.15) is 0 Å². The van der Waals surface area contributed by atoms with Gasteiger partial charge in [0.2, 0.25) is 5.91 Å². The summed E-state index contributed by atoms with van der Waals surface area (Å²) in [5.74, 6) is 1.89. The standard InChI is InChI=1S/C14H24N2O2/c1-11(2)16(14(17)6-4-5-9-15)10-13-8-7-12(3)18-13/h7-8,11H,4-6,9-10,15H2,1-3H3. The summed E-state index contributed by atoms with van der Waals surface area (Å²) in [5.41, 5.74) is 5.44. The van der Waals surface area contributed by atoms with Crippen molar-refractivity contribution in [3.63, 3.8) is 0 Å². The Kier molecular flexibility index (Phi) is 5.92. The molecule has 0 aliphatic heterocycles. The highest BCUT2D eigenvalue weighted by molar-refractivity contribution is 5.76. The molecule has 1 amide bonds. The van der Waals surface area contributed by atoms with Crippen LogP contribution in [0.25, 0.3) is 0 Å². The van der Waals surface area contributed by atoms with Gasteiger partial charge in [-0.3, -0.25) is 4.79 Å². The minimum Gasteiger partial charge on any atom is -0.464 e. The van der Waals surface area contributed by atoms with Gasteiger partial charge in [-0.1, -0.05) is 0 Å². The lowest BCUT2D eigenvalue weighted by molar-refractivity contribution is -0.134. The number of nitrogens with two attached hydrogens (primary N) is 1. The fourth-order valence-electron chi connectivity index (χ4n) is 1.86. The number of amides is 1. The average molecular weight is 252 g/mol. The van der Waals surface area contributed by atoms with Crippen LogP contribution in [0.4, 0.5) is 0 Å². The van der Waals surface area contributed by atoms with Gasteiger partial charge >= 0.3 is 0 Å². The number of carbonyl (C=O) groups excluding carboxylic acids is 1. The van der Waals surface area contributed by atoms with E-state index < -0.39 is 0 Å². The van der Waals surface area contributed by atoms with Crippen LogP contribution in [0.2, 0.25) is 0 Å². The van der Waals surface area contributed by atoms with Crippen LogP contribution in [-0.4, -0.2) is 23.4 Å². The maximum atomic E-state index is 12.1. The largest absolute Gasteiger partial charge is 0.464 e. The van der Waals surface area contributed by atoms with Crippen LogP contribution < -0.4 is 5.73 Å². The van der Waals surface area contributed by atoms with Crippen molar-refractivity contribution in [1.82, 2.24) is 4.90 Å². The van der Waals surface area contributed by atoms with E-state index in [9.17, 15) is 4.79 Å². The molecule has 1 rings (SSSR count). The second kappa shape index (κ2) is 7.21. The first-order valence-electron chi connectivity index (χ1n) is 6.59. The normalized spacial score (nSPS) is 10.9. The first kappa shape index (κ1) is 14.8. The third kappa shape index (κ3) is 4.53. The van der Waals surface area contributed by atoms with Crippen molar-refractivity contribution in [2.24, 2.45) is 5.73 Å². The van der Waals surface area contributed by atoms with Crippen LogP contribution in [-0.2, 0) is 11.3 Å². The van der Waals surface area contributed by atoms with E-state index in [1.807, 2.05) is 37.8 Å². The summed E-state index contributed by atoms with van der Waals surface area (Å²) in [4.78, 5) is 14.0. The zero-order valence-corrected chi connectivity index (χ0v) is 11.6. The third-order valence-electron chi connectivity index (χ3n) is 2.91. The summed E-state index contributed by atoms with van der Waals surface area (Å²) in [5, 5.41) is 0. The summed E-state index contributed by atoms with van der Waals surface area (Å²) in [6.45, 7) is 7.15. The molecule has 0 fully saturated rings. The number of hydrogen-bond acceptors (Lipinski definition) is 3. The zero-order chi connectivity index (χ0) is 13.5. The molecule has 0 aliphatic carbocycles. The quantitative estimate of drug-likeness (QED) is 0.758. The molecule has 1 aromatic heterocycles. The Morgan fingerprint density at radius 2 is 2.11 bits per heavy atom. The molecule has 2 N–H and O–H groups in total. The van der Waals surface area contributed by atoms with Crippen LogP contribution >= 0.6 is 0 Å². The predicted molar refractivity (Wildman–Crippen MR) is 72.0 cm³/mol. The summed E-state index contributed by atoms with van der Waals surface area (Å²) >= 11 is 0. The van der Waals surface area contributed by atoms with Crippen LogP contribution in [0.3, 0.4) is 0 Å². The van der Waals surface area contributed by atoms with Crippen molar-refractivity contribution < 1.29 is 9.21 Å². The fraction of sp³-hybridized carbons (Fsp3) is 0.643. The zero-order valence-electron chi connectivity index (χ0n) is 11.6. The highest BCUT2D eigenvalue weighted by atomic mass is 16.3. The Balaban J connectivity index is 2.56. The molecule has 0 bridgehead atoms. The molecular weight excluding hydrogens is 228 g/mol. The van der Waals surface area contributed by atoms with Gasteiger partial charge in [-0.15, -0.1) is 0 Å². The van der Waals surface area contributed by atoms with E-state index in [2.05, 4.69) is 0 Å². The van der Waals surface area contributed by atoms with E-state index in [0.717, 1.165) is 24.4 Å². The average Bonchev–Trinajstić information content (AvgIpc) is 2.71. The van der Waals surface area contributed by atoms with Gasteiger partial charge in [0.05, 0.1) is 6.54 Å². The number of hydrogen-bond donors (Lipinski definition) is 1. The number of nitrogens with zero attached hydrogens (tertiary/aromatic N) is 1. The number of unbranched alkanes of at least 4 members (excludes halogenated alkanes) is 1. The Labute approximate surface area is 109 Å². The lowest BCUT2D eigenvalue weighted by atomic mass is 10.2. The van der Waals surface area contributed by atoms with E-state index in [-0.39, 0.29) is 11.9 Å². The Morgan fingerprint density at radius 3 is 2.61 bits per heavy atom. The van der Waals surface area contributed by atoms with Gasteiger partial charge in [0.15, 0.2) is 0 Å². The van der Waals surface area contributed by atoms with Crippen LogP contribution in [0.1, 0.15) is 44.6 Å². The topological polar surface area (TPSA) is 59.5 Å². The maximum absolute atomic E-state index is 12.1. The summed E-state index contributed by atoms with van der Waals surface area (Å²) in [7, 11) is 0. The highest BCUT2D eigenvalue weighted by Crippen LogP contribution is 2.13. The number of furan rings is 1. The smallest absolute Gasteiger partial charge is 0.223 e. The first-order valence-corrected chi connectivity index (χ1v) is 6.59. The number of aryl methyl sites for hydroxylation is 1. The molecule has 1 heterocycles. The van der Waals surface area contributed by atoms with Crippen LogP contribution in [0.15, 0.2) is 16.5 Å². The highest BCUT2D eigenvalue weighted by Gasteiger charge is 2.18. The second-order valence-electron chi connectivity index (χ2n) is 4.87. The minimum absolute atomic E-state index is 0.174. The van der Waals surface area contributed by atoms with Crippen molar-refractivity contribution >= 4 is 5.91 Å². The maximum Gasteiger partial charge on any atom is 0.223 e. The molecular formula is C14H24N2O2. The van der Waals surface area contributed by atoms with Crippen molar-refractivity contribution in [1.29, 1.82) is 0 Å². The molecule has 0 saturated carbocycles. The van der Waals surface area contributed by atoms with Gasteiger partial charge in [-0.25, -0.2) is 0 Å². The van der Waals surface area contributed by atoms with Crippen LogP contribution in [0, 0.1) is 6.92 Å². The Morgan fingerprint density at radius 1 is 1.39 bits per heavy atom. The molecule has 0 aromatic carbocycles. The summed E-state index contributed by atoms with van der Waals surface area (Å²) < 4.78 is 5.53. The van der Waals surface area contributed by atoms with Gasteiger partial charge in [-0.05, 0) is 52.3 Å². The summed E-state index contributed by atoms with van der Waals surface area (Å²) in [6, 6.07) is 4.03. The second-order valence-corrected chi connectivity index (χ2v) is 4.87. The SMILES string of the molecule is Cc1ccc(CN(C(=O)CCCCN)C(C)C)o1. The molecule has 0 spiro atoms. The van der Waals surface area contributed by atoms with Gasteiger partial charge in [0.1, 0.15) is 11.5 Å². The molecule has 0 aliphatic rings. The van der Waals surface area contributed by atoms with E-state index in [4.69, 9.17) is 10.2 Å².